The zero-order chi connectivity index (χ0) is 16.8. The van der Waals surface area contributed by atoms with Crippen LogP contribution in [0.5, 0.6) is 0 Å². The molecule has 1 amide bonds. The number of carbonyl (C=O) groups is 1. The van der Waals surface area contributed by atoms with Gasteiger partial charge in [-0.15, -0.1) is 0 Å². The minimum absolute atomic E-state index is 0.00656. The molecule has 0 saturated carbocycles. The van der Waals surface area contributed by atoms with E-state index in [-0.39, 0.29) is 30.6 Å². The summed E-state index contributed by atoms with van der Waals surface area (Å²) in [5, 5.41) is 0. The Morgan fingerprint density at radius 3 is 2.48 bits per heavy atom. The van der Waals surface area contributed by atoms with Crippen LogP contribution in [0.2, 0.25) is 0 Å². The Hall–Kier alpha value is -1.44. The second-order valence-corrected chi connectivity index (χ2v) is 8.44. The Balaban J connectivity index is 1.81. The molecule has 0 aromatic heterocycles. The predicted molar refractivity (Wildman–Crippen MR) is 85.4 cm³/mol. The largest absolute Gasteiger partial charge is 0.371 e. The zero-order valence-electron chi connectivity index (χ0n) is 13.6. The van der Waals surface area contributed by atoms with E-state index in [2.05, 4.69) is 0 Å². The summed E-state index contributed by atoms with van der Waals surface area (Å²) >= 11 is 0. The van der Waals surface area contributed by atoms with Crippen molar-refractivity contribution in [1.82, 2.24) is 9.21 Å². The molecule has 0 unspecified atom stereocenters. The van der Waals surface area contributed by atoms with E-state index >= 15 is 0 Å². The SMILES string of the molecule is Cc1ccc(S(=O)(=O)N2C[C@H]3C[C@H](C(=O)N(C)C)[C@@H](C2)O3)cc1. The van der Waals surface area contributed by atoms with Gasteiger partial charge in [0.05, 0.1) is 23.0 Å². The summed E-state index contributed by atoms with van der Waals surface area (Å²) in [6.07, 6.45) is 0.0217. The number of aryl methyl sites for hydroxylation is 1. The summed E-state index contributed by atoms with van der Waals surface area (Å²) < 4.78 is 32.9. The maximum absolute atomic E-state index is 12.8. The molecule has 0 radical (unpaired) electrons. The lowest BCUT2D eigenvalue weighted by molar-refractivity contribution is -0.135. The predicted octanol–water partition coefficient (Wildman–Crippen LogP) is 0.861. The summed E-state index contributed by atoms with van der Waals surface area (Å²) in [6, 6.07) is 6.84. The second kappa shape index (κ2) is 5.89. The van der Waals surface area contributed by atoms with Crippen LogP contribution in [0.15, 0.2) is 29.2 Å². The number of benzene rings is 1. The van der Waals surface area contributed by atoms with Gasteiger partial charge in [0.25, 0.3) is 0 Å². The summed E-state index contributed by atoms with van der Waals surface area (Å²) in [6.45, 7) is 2.46. The van der Waals surface area contributed by atoms with Crippen molar-refractivity contribution in [2.24, 2.45) is 5.92 Å². The number of hydrogen-bond donors (Lipinski definition) is 0. The van der Waals surface area contributed by atoms with Crippen LogP contribution >= 0.6 is 0 Å². The fourth-order valence-corrected chi connectivity index (χ4v) is 4.75. The van der Waals surface area contributed by atoms with Gasteiger partial charge in [0.1, 0.15) is 0 Å². The smallest absolute Gasteiger partial charge is 0.243 e. The first-order valence-electron chi connectivity index (χ1n) is 7.72. The molecule has 0 aliphatic carbocycles. The lowest BCUT2D eigenvalue weighted by Gasteiger charge is -2.32. The summed E-state index contributed by atoms with van der Waals surface area (Å²) in [5.41, 5.74) is 1.02. The van der Waals surface area contributed by atoms with Gasteiger partial charge in [-0.2, -0.15) is 4.31 Å². The van der Waals surface area contributed by atoms with Gasteiger partial charge < -0.3 is 9.64 Å². The van der Waals surface area contributed by atoms with E-state index in [9.17, 15) is 13.2 Å². The van der Waals surface area contributed by atoms with Gasteiger partial charge in [-0.25, -0.2) is 8.42 Å². The van der Waals surface area contributed by atoms with Gasteiger partial charge >= 0.3 is 0 Å². The van der Waals surface area contributed by atoms with Gasteiger partial charge in [0.15, 0.2) is 0 Å². The number of sulfonamides is 1. The highest BCUT2D eigenvalue weighted by molar-refractivity contribution is 7.89. The molecule has 2 fully saturated rings. The molecule has 2 saturated heterocycles. The summed E-state index contributed by atoms with van der Waals surface area (Å²) in [5.74, 6) is -0.250. The molecule has 126 valence electrons. The monoisotopic (exact) mass is 338 g/mol. The number of fused-ring (bicyclic) bond motifs is 2. The number of nitrogens with zero attached hydrogens (tertiary/aromatic N) is 2. The topological polar surface area (TPSA) is 66.9 Å². The fourth-order valence-electron chi connectivity index (χ4n) is 3.27. The minimum Gasteiger partial charge on any atom is -0.371 e. The van der Waals surface area contributed by atoms with Crippen molar-refractivity contribution in [3.63, 3.8) is 0 Å². The quantitative estimate of drug-likeness (QED) is 0.820. The number of rotatable bonds is 3. The third kappa shape index (κ3) is 3.00. The van der Waals surface area contributed by atoms with Crippen molar-refractivity contribution >= 4 is 15.9 Å². The molecule has 1 aromatic rings. The zero-order valence-corrected chi connectivity index (χ0v) is 14.4. The molecule has 6 nitrogen and oxygen atoms in total. The molecule has 2 bridgehead atoms. The van der Waals surface area contributed by atoms with Gasteiger partial charge in [-0.1, -0.05) is 17.7 Å². The molecule has 0 N–H and O–H groups in total. The normalized spacial score (nSPS) is 27.9. The molecule has 3 atom stereocenters. The molecule has 0 spiro atoms. The molecule has 2 aliphatic rings. The van der Waals surface area contributed by atoms with Gasteiger partial charge in [-0.05, 0) is 25.5 Å². The maximum atomic E-state index is 12.8. The van der Waals surface area contributed by atoms with Crippen molar-refractivity contribution in [2.45, 2.75) is 30.4 Å². The van der Waals surface area contributed by atoms with E-state index in [1.54, 1.807) is 43.3 Å². The van der Waals surface area contributed by atoms with E-state index in [0.29, 0.717) is 17.9 Å². The number of carbonyl (C=O) groups excluding carboxylic acids is 1. The highest BCUT2D eigenvalue weighted by Gasteiger charge is 2.47. The van der Waals surface area contributed by atoms with Crippen LogP contribution < -0.4 is 0 Å². The van der Waals surface area contributed by atoms with E-state index in [0.717, 1.165) is 5.56 Å². The van der Waals surface area contributed by atoms with Gasteiger partial charge in [0, 0.05) is 27.2 Å². The van der Waals surface area contributed by atoms with Gasteiger partial charge in [-0.3, -0.25) is 4.79 Å². The molecule has 1 aromatic carbocycles. The van der Waals surface area contributed by atoms with Crippen molar-refractivity contribution in [1.29, 1.82) is 0 Å². The van der Waals surface area contributed by atoms with E-state index in [1.165, 1.54) is 4.31 Å². The first-order chi connectivity index (χ1) is 10.8. The third-order valence-corrected chi connectivity index (χ3v) is 6.39. The van der Waals surface area contributed by atoms with Crippen molar-refractivity contribution in [2.75, 3.05) is 27.2 Å². The van der Waals surface area contributed by atoms with E-state index in [4.69, 9.17) is 4.74 Å². The van der Waals surface area contributed by atoms with Gasteiger partial charge in [0.2, 0.25) is 15.9 Å². The van der Waals surface area contributed by atoms with Crippen LogP contribution in [-0.2, 0) is 19.6 Å². The molecule has 2 aliphatic heterocycles. The summed E-state index contributed by atoms with van der Waals surface area (Å²) in [4.78, 5) is 14.1. The standard InChI is InChI=1S/C16H22N2O4S/c1-11-4-6-13(7-5-11)23(20,21)18-9-12-8-14(15(10-18)22-12)16(19)17(2)3/h4-7,12,14-15H,8-10H2,1-3H3/t12-,14+,15-/m1/s1. The first-order valence-corrected chi connectivity index (χ1v) is 9.16. The Bertz CT molecular complexity index is 699. The lowest BCUT2D eigenvalue weighted by Crippen LogP contribution is -2.47. The Kier molecular flexibility index (Phi) is 4.20. The molecular formula is C16H22N2O4S. The van der Waals surface area contributed by atoms with Crippen LogP contribution in [0, 0.1) is 12.8 Å². The van der Waals surface area contributed by atoms with Crippen LogP contribution in [0.25, 0.3) is 0 Å². The number of hydrogen-bond acceptors (Lipinski definition) is 4. The lowest BCUT2D eigenvalue weighted by atomic mass is 9.99. The average Bonchev–Trinajstić information content (AvgIpc) is 2.80. The van der Waals surface area contributed by atoms with Crippen molar-refractivity contribution in [3.05, 3.63) is 29.8 Å². The maximum Gasteiger partial charge on any atom is 0.243 e. The van der Waals surface area contributed by atoms with Crippen molar-refractivity contribution in [3.8, 4) is 0 Å². The average molecular weight is 338 g/mol. The third-order valence-electron chi connectivity index (χ3n) is 4.54. The van der Waals surface area contributed by atoms with E-state index in [1.807, 2.05) is 6.92 Å². The van der Waals surface area contributed by atoms with Crippen LogP contribution in [0.3, 0.4) is 0 Å². The molecule has 7 heteroatoms. The number of ether oxygens (including phenoxy) is 1. The summed E-state index contributed by atoms with van der Waals surface area (Å²) in [7, 11) is -0.118. The van der Waals surface area contributed by atoms with Crippen LogP contribution in [-0.4, -0.2) is 62.9 Å². The Morgan fingerprint density at radius 2 is 1.87 bits per heavy atom. The molecular weight excluding hydrogens is 316 g/mol. The highest BCUT2D eigenvalue weighted by Crippen LogP contribution is 2.35. The Labute approximate surface area is 137 Å². The first kappa shape index (κ1) is 16.4. The fraction of sp³-hybridized carbons (Fsp3) is 0.562. The second-order valence-electron chi connectivity index (χ2n) is 6.51. The Morgan fingerprint density at radius 1 is 1.22 bits per heavy atom. The minimum atomic E-state index is -3.55. The number of amides is 1. The molecule has 23 heavy (non-hydrogen) atoms. The number of morpholine rings is 1. The van der Waals surface area contributed by atoms with Crippen LogP contribution in [0.4, 0.5) is 0 Å². The highest BCUT2D eigenvalue weighted by atomic mass is 32.2. The van der Waals surface area contributed by atoms with Crippen molar-refractivity contribution < 1.29 is 17.9 Å². The van der Waals surface area contributed by atoms with Crippen LogP contribution in [0.1, 0.15) is 12.0 Å². The molecule has 2 heterocycles. The molecule has 3 rings (SSSR count). The van der Waals surface area contributed by atoms with E-state index < -0.39 is 10.0 Å².